The Hall–Kier alpha value is -3.35. The van der Waals surface area contributed by atoms with E-state index in [1.807, 2.05) is 24.3 Å². The molecule has 0 radical (unpaired) electrons. The van der Waals surface area contributed by atoms with E-state index in [0.717, 1.165) is 43.2 Å². The SMILES string of the molecule is O=C(O)CC1CCN(C(=O)[C@@H]2CCCC[C@@H]2NC(=O)OCC2c3ccccc3-c3ccccc32)C1. The second kappa shape index (κ2) is 10.1. The maximum Gasteiger partial charge on any atom is 0.407 e. The Balaban J connectivity index is 1.20. The molecule has 7 heteroatoms. The first kappa shape index (κ1) is 23.4. The van der Waals surface area contributed by atoms with E-state index in [0.29, 0.717) is 13.1 Å². The van der Waals surface area contributed by atoms with Gasteiger partial charge >= 0.3 is 12.1 Å². The highest BCUT2D eigenvalue weighted by Gasteiger charge is 2.38. The standard InChI is InChI=1S/C28H32N2O5/c31-26(32)15-18-13-14-30(16-18)27(33)23-11-5-6-12-25(23)29-28(34)35-17-24-21-9-3-1-7-19(21)20-8-2-4-10-22(20)24/h1-4,7-10,18,23-25H,5-6,11-17H2,(H,29,34)(H,31,32)/t18?,23-,25+/m1/s1. The van der Waals surface area contributed by atoms with Crippen LogP contribution in [0.5, 0.6) is 0 Å². The Morgan fingerprint density at radius 3 is 2.29 bits per heavy atom. The van der Waals surface area contributed by atoms with Crippen molar-refractivity contribution in [3.63, 3.8) is 0 Å². The lowest BCUT2D eigenvalue weighted by Crippen LogP contribution is -2.49. The van der Waals surface area contributed by atoms with E-state index >= 15 is 0 Å². The van der Waals surface area contributed by atoms with Gasteiger partial charge in [-0.05, 0) is 47.4 Å². The smallest absolute Gasteiger partial charge is 0.407 e. The van der Waals surface area contributed by atoms with Gasteiger partial charge in [-0.15, -0.1) is 0 Å². The van der Waals surface area contributed by atoms with Crippen LogP contribution in [0.4, 0.5) is 4.79 Å². The number of hydrogen-bond acceptors (Lipinski definition) is 4. The molecule has 3 aliphatic rings. The number of nitrogens with one attached hydrogen (secondary N) is 1. The number of fused-ring (bicyclic) bond motifs is 3. The van der Waals surface area contributed by atoms with Crippen LogP contribution < -0.4 is 5.32 Å². The van der Waals surface area contributed by atoms with Crippen molar-refractivity contribution in [1.29, 1.82) is 0 Å². The molecule has 2 aromatic rings. The predicted octanol–water partition coefficient (Wildman–Crippen LogP) is 4.41. The maximum absolute atomic E-state index is 13.3. The van der Waals surface area contributed by atoms with Crippen LogP contribution in [-0.2, 0) is 14.3 Å². The summed E-state index contributed by atoms with van der Waals surface area (Å²) in [5, 5.41) is 12.0. The number of carboxylic acids is 1. The highest BCUT2D eigenvalue weighted by molar-refractivity contribution is 5.81. The van der Waals surface area contributed by atoms with Crippen molar-refractivity contribution in [2.75, 3.05) is 19.7 Å². The summed E-state index contributed by atoms with van der Waals surface area (Å²) >= 11 is 0. The summed E-state index contributed by atoms with van der Waals surface area (Å²) in [6.45, 7) is 1.32. The molecule has 2 aromatic carbocycles. The molecule has 2 amide bonds. The van der Waals surface area contributed by atoms with Crippen LogP contribution in [0.15, 0.2) is 48.5 Å². The van der Waals surface area contributed by atoms with Crippen LogP contribution in [0, 0.1) is 11.8 Å². The lowest BCUT2D eigenvalue weighted by atomic mass is 9.83. The van der Waals surface area contributed by atoms with Gasteiger partial charge in [0.05, 0.1) is 5.92 Å². The fourth-order valence-electron chi connectivity index (χ4n) is 6.07. The molecule has 1 heterocycles. The minimum atomic E-state index is -0.822. The van der Waals surface area contributed by atoms with Crippen LogP contribution in [-0.4, -0.2) is 53.7 Å². The molecule has 3 atom stereocenters. The van der Waals surface area contributed by atoms with Crippen LogP contribution in [0.1, 0.15) is 55.6 Å². The fraction of sp³-hybridized carbons (Fsp3) is 0.464. The monoisotopic (exact) mass is 476 g/mol. The van der Waals surface area contributed by atoms with Gasteiger partial charge in [-0.1, -0.05) is 61.4 Å². The number of rotatable bonds is 6. The quantitative estimate of drug-likeness (QED) is 0.644. The number of hydrogen-bond donors (Lipinski definition) is 2. The van der Waals surface area contributed by atoms with Crippen molar-refractivity contribution >= 4 is 18.0 Å². The minimum Gasteiger partial charge on any atom is -0.481 e. The van der Waals surface area contributed by atoms with Gasteiger partial charge in [0, 0.05) is 31.5 Å². The van der Waals surface area contributed by atoms with E-state index in [1.165, 1.54) is 11.1 Å². The molecule has 0 aromatic heterocycles. The van der Waals surface area contributed by atoms with Crippen LogP contribution >= 0.6 is 0 Å². The summed E-state index contributed by atoms with van der Waals surface area (Å²) in [5.41, 5.74) is 4.69. The summed E-state index contributed by atoms with van der Waals surface area (Å²) in [6, 6.07) is 16.2. The topological polar surface area (TPSA) is 95.9 Å². The van der Waals surface area contributed by atoms with E-state index in [-0.39, 0.29) is 42.7 Å². The zero-order valence-corrected chi connectivity index (χ0v) is 19.8. The molecule has 5 rings (SSSR count). The van der Waals surface area contributed by atoms with Crippen LogP contribution in [0.25, 0.3) is 11.1 Å². The summed E-state index contributed by atoms with van der Waals surface area (Å²) < 4.78 is 5.72. The van der Waals surface area contributed by atoms with Gasteiger partial charge in [0.15, 0.2) is 0 Å². The highest BCUT2D eigenvalue weighted by atomic mass is 16.5. The average Bonchev–Trinajstić information content (AvgIpc) is 3.45. The summed E-state index contributed by atoms with van der Waals surface area (Å²) in [6.07, 6.45) is 3.71. The number of carbonyl (C=O) groups excluding carboxylic acids is 2. The molecule has 2 N–H and O–H groups in total. The average molecular weight is 477 g/mol. The van der Waals surface area contributed by atoms with E-state index < -0.39 is 12.1 Å². The molecule has 184 valence electrons. The second-order valence-corrected chi connectivity index (χ2v) is 10.0. The Labute approximate surface area is 205 Å². The van der Waals surface area contributed by atoms with Gasteiger partial charge < -0.3 is 20.1 Å². The zero-order chi connectivity index (χ0) is 24.4. The van der Waals surface area contributed by atoms with Crippen molar-refractivity contribution in [3.05, 3.63) is 59.7 Å². The molecule has 1 aliphatic heterocycles. The molecule has 0 bridgehead atoms. The van der Waals surface area contributed by atoms with Gasteiger partial charge in [-0.25, -0.2) is 4.79 Å². The number of nitrogens with zero attached hydrogens (tertiary/aromatic N) is 1. The third-order valence-electron chi connectivity index (χ3n) is 7.79. The van der Waals surface area contributed by atoms with Gasteiger partial charge in [0.25, 0.3) is 0 Å². The molecule has 2 aliphatic carbocycles. The number of aliphatic carboxylic acids is 1. The lowest BCUT2D eigenvalue weighted by molar-refractivity contribution is -0.139. The second-order valence-electron chi connectivity index (χ2n) is 10.0. The predicted molar refractivity (Wildman–Crippen MR) is 131 cm³/mol. The molecular formula is C28H32N2O5. The molecule has 1 saturated carbocycles. The van der Waals surface area contributed by atoms with Gasteiger partial charge in [-0.2, -0.15) is 0 Å². The summed E-state index contributed by atoms with van der Waals surface area (Å²) in [7, 11) is 0. The first-order valence-corrected chi connectivity index (χ1v) is 12.6. The van der Waals surface area contributed by atoms with E-state index in [2.05, 4.69) is 29.6 Å². The number of carbonyl (C=O) groups is 3. The number of amides is 2. The summed E-state index contributed by atoms with van der Waals surface area (Å²) in [5.74, 6) is -1.08. The number of likely N-dealkylation sites (tertiary alicyclic amines) is 1. The third-order valence-corrected chi connectivity index (χ3v) is 7.79. The third kappa shape index (κ3) is 4.90. The van der Waals surface area contributed by atoms with Crippen LogP contribution in [0.3, 0.4) is 0 Å². The molecule has 1 saturated heterocycles. The van der Waals surface area contributed by atoms with Gasteiger partial charge in [-0.3, -0.25) is 9.59 Å². The summed E-state index contributed by atoms with van der Waals surface area (Å²) in [4.78, 5) is 38.9. The maximum atomic E-state index is 13.3. The normalized spacial score (nSPS) is 23.4. The zero-order valence-electron chi connectivity index (χ0n) is 19.8. The van der Waals surface area contributed by atoms with Crippen molar-refractivity contribution in [1.82, 2.24) is 10.2 Å². The largest absolute Gasteiger partial charge is 0.481 e. The van der Waals surface area contributed by atoms with Crippen molar-refractivity contribution in [2.45, 2.75) is 50.5 Å². The molecule has 35 heavy (non-hydrogen) atoms. The number of ether oxygens (including phenoxy) is 1. The van der Waals surface area contributed by atoms with Crippen LogP contribution in [0.2, 0.25) is 0 Å². The first-order valence-electron chi connectivity index (χ1n) is 12.6. The Bertz CT molecular complexity index is 1070. The Kier molecular flexibility index (Phi) is 6.75. The molecule has 7 nitrogen and oxygen atoms in total. The van der Waals surface area contributed by atoms with Crippen molar-refractivity contribution in [2.24, 2.45) is 11.8 Å². The Morgan fingerprint density at radius 1 is 0.943 bits per heavy atom. The Morgan fingerprint density at radius 2 is 1.60 bits per heavy atom. The molecular weight excluding hydrogens is 444 g/mol. The van der Waals surface area contributed by atoms with E-state index in [4.69, 9.17) is 9.84 Å². The molecule has 0 spiro atoms. The molecule has 1 unspecified atom stereocenters. The van der Waals surface area contributed by atoms with Crippen molar-refractivity contribution in [3.8, 4) is 11.1 Å². The van der Waals surface area contributed by atoms with Gasteiger partial charge in [0.2, 0.25) is 5.91 Å². The minimum absolute atomic E-state index is 0.00676. The van der Waals surface area contributed by atoms with E-state index in [9.17, 15) is 14.4 Å². The first-order chi connectivity index (χ1) is 17.0. The van der Waals surface area contributed by atoms with E-state index in [1.54, 1.807) is 4.90 Å². The highest BCUT2D eigenvalue weighted by Crippen LogP contribution is 2.44. The fourth-order valence-corrected chi connectivity index (χ4v) is 6.07. The number of alkyl carbamates (subject to hydrolysis) is 1. The molecule has 2 fully saturated rings. The number of carboxylic acid groups (broad SMARTS) is 1. The van der Waals surface area contributed by atoms with Gasteiger partial charge in [0.1, 0.15) is 6.61 Å². The number of benzene rings is 2. The van der Waals surface area contributed by atoms with Crippen molar-refractivity contribution < 1.29 is 24.2 Å². The lowest BCUT2D eigenvalue weighted by Gasteiger charge is -2.33.